The second-order valence-electron chi connectivity index (χ2n) is 7.92. The van der Waals surface area contributed by atoms with E-state index in [0.29, 0.717) is 11.5 Å². The molecule has 3 nitrogen and oxygen atoms in total. The van der Waals surface area contributed by atoms with Crippen molar-refractivity contribution < 1.29 is 4.79 Å². The molecule has 0 spiro atoms. The van der Waals surface area contributed by atoms with Gasteiger partial charge in [0.15, 0.2) is 0 Å². The summed E-state index contributed by atoms with van der Waals surface area (Å²) in [5.74, 6) is 0.621. The maximum Gasteiger partial charge on any atom is 0.255 e. The summed E-state index contributed by atoms with van der Waals surface area (Å²) in [7, 11) is 0. The molecule has 1 saturated heterocycles. The number of amides is 1. The summed E-state index contributed by atoms with van der Waals surface area (Å²) in [5, 5.41) is 10.0. The van der Waals surface area contributed by atoms with Crippen LogP contribution in [0, 0.1) is 35.0 Å². The van der Waals surface area contributed by atoms with Crippen LogP contribution < -0.4 is 0 Å². The van der Waals surface area contributed by atoms with E-state index in [9.17, 15) is 10.1 Å². The van der Waals surface area contributed by atoms with Crippen LogP contribution in [0.2, 0.25) is 0 Å². The van der Waals surface area contributed by atoms with E-state index in [1.54, 1.807) is 0 Å². The van der Waals surface area contributed by atoms with E-state index < -0.39 is 5.54 Å². The number of carbonyl (C=O) groups is 1. The standard InChI is InChI=1S/C19H22N2O/c1-13-4-6-14(7-5-13)16(22)21-12-17(2)15-8-9-18(17,3)19(21,10-15)11-20/h4-7,15H,8-10,12H2,1-3H3/t15-,17+,18-,19+/m1/s1. The summed E-state index contributed by atoms with van der Waals surface area (Å²) in [4.78, 5) is 14.9. The van der Waals surface area contributed by atoms with Gasteiger partial charge in [-0.25, -0.2) is 0 Å². The van der Waals surface area contributed by atoms with E-state index in [4.69, 9.17) is 0 Å². The van der Waals surface area contributed by atoms with Crippen LogP contribution in [0.15, 0.2) is 24.3 Å². The number of rotatable bonds is 1. The van der Waals surface area contributed by atoms with E-state index >= 15 is 0 Å². The van der Waals surface area contributed by atoms with E-state index in [0.717, 1.165) is 24.9 Å². The SMILES string of the molecule is Cc1ccc(C(=O)N2C[C@@]3(C)[C@@H]4CC[C@@]3(C)[C@@]2(C#N)C4)cc1. The Morgan fingerprint density at radius 2 is 2.00 bits per heavy atom. The first-order valence-corrected chi connectivity index (χ1v) is 8.18. The molecule has 1 amide bonds. The fourth-order valence-electron chi connectivity index (χ4n) is 5.61. The summed E-state index contributed by atoms with van der Waals surface area (Å²) >= 11 is 0. The summed E-state index contributed by atoms with van der Waals surface area (Å²) in [6.07, 6.45) is 3.14. The van der Waals surface area contributed by atoms with E-state index in [-0.39, 0.29) is 16.7 Å². The van der Waals surface area contributed by atoms with Crippen molar-refractivity contribution in [2.75, 3.05) is 6.54 Å². The third kappa shape index (κ3) is 1.26. The molecule has 0 unspecified atom stereocenters. The van der Waals surface area contributed by atoms with E-state index in [1.165, 1.54) is 6.42 Å². The Kier molecular flexibility index (Phi) is 2.47. The van der Waals surface area contributed by atoms with Gasteiger partial charge < -0.3 is 4.90 Å². The molecule has 4 bridgehead atoms. The van der Waals surface area contributed by atoms with Gasteiger partial charge >= 0.3 is 0 Å². The second kappa shape index (κ2) is 3.93. The molecule has 0 aromatic heterocycles. The molecule has 3 aliphatic rings. The van der Waals surface area contributed by atoms with Crippen molar-refractivity contribution in [3.63, 3.8) is 0 Å². The molecule has 22 heavy (non-hydrogen) atoms. The molecule has 1 aromatic rings. The molecule has 4 atom stereocenters. The van der Waals surface area contributed by atoms with Crippen molar-refractivity contribution >= 4 is 5.91 Å². The first kappa shape index (κ1) is 13.8. The number of piperidine rings is 1. The summed E-state index contributed by atoms with van der Waals surface area (Å²) < 4.78 is 0. The zero-order valence-corrected chi connectivity index (χ0v) is 13.5. The fourth-order valence-corrected chi connectivity index (χ4v) is 5.61. The molecule has 0 radical (unpaired) electrons. The minimum Gasteiger partial charge on any atom is -0.319 e. The zero-order chi connectivity index (χ0) is 15.8. The molecule has 114 valence electrons. The Balaban J connectivity index is 1.78. The number of nitriles is 1. The highest BCUT2D eigenvalue weighted by molar-refractivity contribution is 5.95. The first-order valence-electron chi connectivity index (χ1n) is 8.18. The molecule has 2 saturated carbocycles. The van der Waals surface area contributed by atoms with Crippen molar-refractivity contribution in [1.82, 2.24) is 4.90 Å². The van der Waals surface area contributed by atoms with Gasteiger partial charge in [0.25, 0.3) is 5.91 Å². The predicted octanol–water partition coefficient (Wildman–Crippen LogP) is 3.54. The third-order valence-corrected chi connectivity index (χ3v) is 7.28. The normalized spacial score (nSPS) is 41.7. The maximum absolute atomic E-state index is 13.0. The lowest BCUT2D eigenvalue weighted by Crippen LogP contribution is -2.54. The average Bonchev–Trinajstić information content (AvgIpc) is 2.96. The van der Waals surface area contributed by atoms with Crippen molar-refractivity contribution in [3.8, 4) is 6.07 Å². The van der Waals surface area contributed by atoms with Crippen LogP contribution in [-0.2, 0) is 0 Å². The van der Waals surface area contributed by atoms with Gasteiger partial charge in [0.1, 0.15) is 5.54 Å². The lowest BCUT2D eigenvalue weighted by molar-refractivity contribution is 0.0430. The lowest BCUT2D eigenvalue weighted by Gasteiger charge is -2.43. The van der Waals surface area contributed by atoms with Gasteiger partial charge in [0.05, 0.1) is 6.07 Å². The van der Waals surface area contributed by atoms with Crippen LogP contribution in [-0.4, -0.2) is 22.9 Å². The quantitative estimate of drug-likeness (QED) is 0.795. The molecule has 4 rings (SSSR count). The number of likely N-dealkylation sites (tertiary alicyclic amines) is 1. The zero-order valence-electron chi connectivity index (χ0n) is 13.5. The molecule has 3 fully saturated rings. The van der Waals surface area contributed by atoms with Crippen molar-refractivity contribution in [1.29, 1.82) is 5.26 Å². The topological polar surface area (TPSA) is 44.1 Å². The van der Waals surface area contributed by atoms with Crippen LogP contribution in [0.5, 0.6) is 0 Å². The van der Waals surface area contributed by atoms with Crippen LogP contribution in [0.25, 0.3) is 0 Å². The fraction of sp³-hybridized carbons (Fsp3) is 0.579. The highest BCUT2D eigenvalue weighted by Crippen LogP contribution is 2.75. The number of aryl methyl sites for hydroxylation is 1. The van der Waals surface area contributed by atoms with Crippen molar-refractivity contribution in [2.24, 2.45) is 16.7 Å². The Labute approximate surface area is 131 Å². The Morgan fingerprint density at radius 3 is 2.59 bits per heavy atom. The number of hydrogen-bond acceptors (Lipinski definition) is 2. The minimum atomic E-state index is -0.605. The molecule has 1 aliphatic heterocycles. The van der Waals surface area contributed by atoms with Gasteiger partial charge in [-0.15, -0.1) is 0 Å². The highest BCUT2D eigenvalue weighted by Gasteiger charge is 2.78. The average molecular weight is 294 g/mol. The molecule has 3 heteroatoms. The highest BCUT2D eigenvalue weighted by atomic mass is 16.2. The predicted molar refractivity (Wildman–Crippen MR) is 84.1 cm³/mol. The number of carbonyl (C=O) groups excluding carboxylic acids is 1. The number of hydrogen-bond donors (Lipinski definition) is 0. The molecular formula is C19H22N2O. The lowest BCUT2D eigenvalue weighted by atomic mass is 9.66. The van der Waals surface area contributed by atoms with Crippen molar-refractivity contribution in [3.05, 3.63) is 35.4 Å². The molecule has 0 N–H and O–H groups in total. The van der Waals surface area contributed by atoms with Gasteiger partial charge in [-0.1, -0.05) is 31.5 Å². The van der Waals surface area contributed by atoms with Crippen LogP contribution in [0.4, 0.5) is 0 Å². The Morgan fingerprint density at radius 1 is 1.32 bits per heavy atom. The van der Waals surface area contributed by atoms with Crippen LogP contribution >= 0.6 is 0 Å². The summed E-state index contributed by atoms with van der Waals surface area (Å²) in [6.45, 7) is 7.29. The Hall–Kier alpha value is -1.82. The van der Waals surface area contributed by atoms with Gasteiger partial charge in [-0.05, 0) is 49.7 Å². The molecule has 2 aliphatic carbocycles. The minimum absolute atomic E-state index is 0.0249. The summed E-state index contributed by atoms with van der Waals surface area (Å²) in [5.41, 5.74) is 1.29. The van der Waals surface area contributed by atoms with Crippen LogP contribution in [0.1, 0.15) is 49.0 Å². The monoisotopic (exact) mass is 294 g/mol. The molecular weight excluding hydrogens is 272 g/mol. The van der Waals surface area contributed by atoms with Gasteiger partial charge in [-0.2, -0.15) is 5.26 Å². The van der Waals surface area contributed by atoms with Gasteiger partial charge in [0.2, 0.25) is 0 Å². The Bertz CT molecular complexity index is 703. The first-order chi connectivity index (χ1) is 10.4. The molecule has 1 aromatic carbocycles. The third-order valence-electron chi connectivity index (χ3n) is 7.28. The number of nitrogens with zero attached hydrogens (tertiary/aromatic N) is 2. The largest absolute Gasteiger partial charge is 0.319 e. The van der Waals surface area contributed by atoms with Gasteiger partial charge in [0, 0.05) is 17.5 Å². The number of benzene rings is 1. The maximum atomic E-state index is 13.0. The van der Waals surface area contributed by atoms with Gasteiger partial charge in [-0.3, -0.25) is 4.79 Å². The summed E-state index contributed by atoms with van der Waals surface area (Å²) in [6, 6.07) is 10.3. The van der Waals surface area contributed by atoms with Crippen LogP contribution in [0.3, 0.4) is 0 Å². The van der Waals surface area contributed by atoms with E-state index in [2.05, 4.69) is 19.9 Å². The van der Waals surface area contributed by atoms with E-state index in [1.807, 2.05) is 36.1 Å². The smallest absolute Gasteiger partial charge is 0.255 e. The second-order valence-corrected chi connectivity index (χ2v) is 7.92. The molecule has 1 heterocycles. The van der Waals surface area contributed by atoms with Crippen molar-refractivity contribution in [2.45, 2.75) is 45.6 Å².